The van der Waals surface area contributed by atoms with E-state index in [2.05, 4.69) is 5.32 Å². The summed E-state index contributed by atoms with van der Waals surface area (Å²) in [5.74, 6) is 0. The Morgan fingerprint density at radius 2 is 2.00 bits per heavy atom. The second kappa shape index (κ2) is 10.5. The van der Waals surface area contributed by atoms with Gasteiger partial charge in [0.05, 0.1) is 19.8 Å². The highest BCUT2D eigenvalue weighted by Crippen LogP contribution is 2.15. The van der Waals surface area contributed by atoms with Crippen molar-refractivity contribution in [2.24, 2.45) is 0 Å². The zero-order chi connectivity index (χ0) is 11.1. The van der Waals surface area contributed by atoms with Crippen LogP contribution in [0.5, 0.6) is 0 Å². The van der Waals surface area contributed by atoms with Gasteiger partial charge in [0.15, 0.2) is 0 Å². The fraction of sp³-hybridized carbons (Fsp3) is 0.455. The van der Waals surface area contributed by atoms with Gasteiger partial charge < -0.3 is 20.9 Å². The summed E-state index contributed by atoms with van der Waals surface area (Å²) in [5, 5.41) is 11.7. The molecule has 0 saturated heterocycles. The molecule has 0 aliphatic carbocycles. The zero-order valence-electron chi connectivity index (χ0n) is 9.81. The molecule has 4 nitrogen and oxygen atoms in total. The summed E-state index contributed by atoms with van der Waals surface area (Å²) in [6.07, 6.45) is 0. The van der Waals surface area contributed by atoms with E-state index in [-0.39, 0.29) is 31.4 Å². The Morgan fingerprint density at radius 3 is 2.59 bits per heavy atom. The highest BCUT2D eigenvalue weighted by atomic mass is 35.5. The first-order valence-corrected chi connectivity index (χ1v) is 5.02. The molecule has 0 saturated carbocycles. The number of rotatable bonds is 6. The van der Waals surface area contributed by atoms with E-state index in [1.165, 1.54) is 0 Å². The molecular formula is C11H20Cl2N2O2. The largest absolute Gasteiger partial charge is 0.399 e. The van der Waals surface area contributed by atoms with Crippen LogP contribution in [0.3, 0.4) is 0 Å². The number of ether oxygens (including phenoxy) is 1. The van der Waals surface area contributed by atoms with Crippen LogP contribution in [0.2, 0.25) is 0 Å². The van der Waals surface area contributed by atoms with Crippen molar-refractivity contribution in [3.8, 4) is 0 Å². The molecule has 0 heterocycles. The zero-order valence-corrected chi connectivity index (χ0v) is 11.4. The number of nitrogen functional groups attached to an aromatic ring is 1. The summed E-state index contributed by atoms with van der Waals surface area (Å²) in [6.45, 7) is 3.75. The van der Waals surface area contributed by atoms with Crippen LogP contribution < -0.4 is 11.1 Å². The number of aliphatic hydroxyl groups is 1. The molecular weight excluding hydrogens is 263 g/mol. The second-order valence-corrected chi connectivity index (χ2v) is 3.33. The lowest BCUT2D eigenvalue weighted by molar-refractivity contribution is 0.0992. The number of hydrogen-bond donors (Lipinski definition) is 3. The fourth-order valence-corrected chi connectivity index (χ4v) is 1.22. The van der Waals surface area contributed by atoms with E-state index in [4.69, 9.17) is 15.6 Å². The van der Waals surface area contributed by atoms with E-state index in [9.17, 15) is 0 Å². The Hall–Kier alpha value is -0.680. The van der Waals surface area contributed by atoms with Gasteiger partial charge in [0.25, 0.3) is 0 Å². The summed E-state index contributed by atoms with van der Waals surface area (Å²) in [4.78, 5) is 0. The Kier molecular flexibility index (Phi) is 11.5. The van der Waals surface area contributed by atoms with E-state index < -0.39 is 0 Å². The Balaban J connectivity index is 0. The van der Waals surface area contributed by atoms with Crippen molar-refractivity contribution >= 4 is 36.2 Å². The van der Waals surface area contributed by atoms with E-state index in [0.717, 1.165) is 23.5 Å². The smallest absolute Gasteiger partial charge is 0.0698 e. The third-order valence-corrected chi connectivity index (χ3v) is 2.08. The van der Waals surface area contributed by atoms with Crippen LogP contribution >= 0.6 is 24.8 Å². The maximum atomic E-state index is 8.49. The highest BCUT2D eigenvalue weighted by molar-refractivity contribution is 5.85. The molecule has 1 rings (SSSR count). The SMILES string of the molecule is Cc1cc(NCCOCCO)ccc1N.Cl.Cl. The summed E-state index contributed by atoms with van der Waals surface area (Å²) >= 11 is 0. The molecule has 0 unspecified atom stereocenters. The lowest BCUT2D eigenvalue weighted by Crippen LogP contribution is -2.11. The summed E-state index contributed by atoms with van der Waals surface area (Å²) < 4.78 is 5.12. The van der Waals surface area contributed by atoms with Gasteiger partial charge in [0, 0.05) is 17.9 Å². The monoisotopic (exact) mass is 282 g/mol. The van der Waals surface area contributed by atoms with Crippen LogP contribution in [0.4, 0.5) is 11.4 Å². The highest BCUT2D eigenvalue weighted by Gasteiger charge is 1.95. The Bertz CT molecular complexity index is 312. The topological polar surface area (TPSA) is 67.5 Å². The number of aliphatic hydroxyl groups excluding tert-OH is 1. The molecule has 6 heteroatoms. The Morgan fingerprint density at radius 1 is 1.29 bits per heavy atom. The molecule has 0 aliphatic heterocycles. The third-order valence-electron chi connectivity index (χ3n) is 2.08. The van der Waals surface area contributed by atoms with E-state index >= 15 is 0 Å². The van der Waals surface area contributed by atoms with Gasteiger partial charge in [-0.05, 0) is 30.7 Å². The van der Waals surface area contributed by atoms with Gasteiger partial charge in [0.1, 0.15) is 0 Å². The van der Waals surface area contributed by atoms with E-state index in [1.807, 2.05) is 25.1 Å². The van der Waals surface area contributed by atoms with Crippen molar-refractivity contribution in [3.63, 3.8) is 0 Å². The summed E-state index contributed by atoms with van der Waals surface area (Å²) in [5.41, 5.74) is 8.61. The fourth-order valence-electron chi connectivity index (χ4n) is 1.22. The van der Waals surface area contributed by atoms with Crippen LogP contribution in [0.15, 0.2) is 18.2 Å². The van der Waals surface area contributed by atoms with Crippen LogP contribution in [0.25, 0.3) is 0 Å². The molecule has 0 bridgehead atoms. The molecule has 1 aromatic rings. The van der Waals surface area contributed by atoms with Gasteiger partial charge in [-0.15, -0.1) is 24.8 Å². The lowest BCUT2D eigenvalue weighted by Gasteiger charge is -2.08. The average molecular weight is 283 g/mol. The van der Waals surface area contributed by atoms with Crippen molar-refractivity contribution in [1.82, 2.24) is 0 Å². The minimum absolute atomic E-state index is 0. The number of hydrogen-bond acceptors (Lipinski definition) is 4. The summed E-state index contributed by atoms with van der Waals surface area (Å²) in [6, 6.07) is 5.82. The van der Waals surface area contributed by atoms with Gasteiger partial charge in [-0.2, -0.15) is 0 Å². The number of aryl methyl sites for hydroxylation is 1. The lowest BCUT2D eigenvalue weighted by atomic mass is 10.2. The van der Waals surface area contributed by atoms with Gasteiger partial charge in [-0.1, -0.05) is 0 Å². The number of halogens is 2. The first-order valence-electron chi connectivity index (χ1n) is 5.02. The van der Waals surface area contributed by atoms with E-state index in [0.29, 0.717) is 13.2 Å². The molecule has 0 radical (unpaired) electrons. The van der Waals surface area contributed by atoms with Crippen LogP contribution in [0, 0.1) is 6.92 Å². The van der Waals surface area contributed by atoms with E-state index in [1.54, 1.807) is 0 Å². The maximum absolute atomic E-state index is 8.49. The van der Waals surface area contributed by atoms with Crippen LogP contribution in [-0.2, 0) is 4.74 Å². The molecule has 0 spiro atoms. The molecule has 0 fully saturated rings. The molecule has 0 aliphatic rings. The van der Waals surface area contributed by atoms with Crippen LogP contribution in [-0.4, -0.2) is 31.5 Å². The molecule has 0 aromatic heterocycles. The van der Waals surface area contributed by atoms with Gasteiger partial charge in [-0.3, -0.25) is 0 Å². The van der Waals surface area contributed by atoms with Crippen molar-refractivity contribution in [3.05, 3.63) is 23.8 Å². The second-order valence-electron chi connectivity index (χ2n) is 3.33. The molecule has 0 atom stereocenters. The molecule has 0 amide bonds. The Labute approximate surface area is 114 Å². The summed E-state index contributed by atoms with van der Waals surface area (Å²) in [7, 11) is 0. The number of nitrogens with one attached hydrogen (secondary N) is 1. The molecule has 1 aromatic carbocycles. The molecule has 17 heavy (non-hydrogen) atoms. The third kappa shape index (κ3) is 7.28. The first-order chi connectivity index (χ1) is 7.24. The average Bonchev–Trinajstić information content (AvgIpc) is 2.23. The minimum atomic E-state index is 0. The van der Waals surface area contributed by atoms with Crippen molar-refractivity contribution < 1.29 is 9.84 Å². The number of nitrogens with two attached hydrogens (primary N) is 1. The van der Waals surface area contributed by atoms with Gasteiger partial charge in [0.2, 0.25) is 0 Å². The maximum Gasteiger partial charge on any atom is 0.0698 e. The van der Waals surface area contributed by atoms with Gasteiger partial charge >= 0.3 is 0 Å². The van der Waals surface area contributed by atoms with Crippen molar-refractivity contribution in [2.45, 2.75) is 6.92 Å². The minimum Gasteiger partial charge on any atom is -0.399 e. The number of benzene rings is 1. The predicted octanol–water partition coefficient (Wildman–Crippen LogP) is 1.84. The van der Waals surface area contributed by atoms with Crippen molar-refractivity contribution in [1.29, 1.82) is 0 Å². The molecule has 4 N–H and O–H groups in total. The molecule has 100 valence electrons. The normalized spacial score (nSPS) is 9.06. The van der Waals surface area contributed by atoms with Gasteiger partial charge in [-0.25, -0.2) is 0 Å². The number of anilines is 2. The standard InChI is InChI=1S/C11H18N2O2.2ClH/c1-9-8-10(2-3-11(9)12)13-4-6-15-7-5-14;;/h2-3,8,13-14H,4-7,12H2,1H3;2*1H. The van der Waals surface area contributed by atoms with Crippen LogP contribution in [0.1, 0.15) is 5.56 Å². The predicted molar refractivity (Wildman–Crippen MR) is 76.5 cm³/mol. The van der Waals surface area contributed by atoms with Crippen molar-refractivity contribution in [2.75, 3.05) is 37.4 Å². The quantitative estimate of drug-likeness (QED) is 0.550. The first kappa shape index (κ1) is 18.7.